The lowest BCUT2D eigenvalue weighted by Gasteiger charge is -2.33. The Hall–Kier alpha value is -3.32. The number of aryl methyl sites for hydroxylation is 3. The van der Waals surface area contributed by atoms with Crippen molar-refractivity contribution in [2.45, 2.75) is 46.1 Å². The molecule has 1 fully saturated rings. The van der Waals surface area contributed by atoms with Crippen LogP contribution < -0.4 is 5.32 Å². The number of hydrogen-bond donors (Lipinski definition) is 1. The number of aromatic nitrogens is 3. The summed E-state index contributed by atoms with van der Waals surface area (Å²) in [5, 5.41) is 3.33. The zero-order chi connectivity index (χ0) is 23.4. The number of nitrogens with one attached hydrogen (secondary N) is 1. The predicted octanol–water partition coefficient (Wildman–Crippen LogP) is 4.71. The number of nitrogens with zero attached hydrogens (tertiary/aromatic N) is 4. The molecule has 0 saturated carbocycles. The van der Waals surface area contributed by atoms with Crippen molar-refractivity contribution >= 4 is 17.5 Å². The van der Waals surface area contributed by atoms with Crippen LogP contribution in [0, 0.1) is 20.8 Å². The van der Waals surface area contributed by atoms with Gasteiger partial charge in [0.05, 0.1) is 6.61 Å². The fraction of sp³-hybridized carbons (Fsp3) is 0.385. The van der Waals surface area contributed by atoms with Crippen molar-refractivity contribution in [3.05, 3.63) is 76.4 Å². The van der Waals surface area contributed by atoms with Crippen LogP contribution in [-0.2, 0) is 11.3 Å². The summed E-state index contributed by atoms with van der Waals surface area (Å²) in [6, 6.07) is 13.7. The monoisotopic (exact) mass is 445 g/mol. The van der Waals surface area contributed by atoms with Gasteiger partial charge in [0, 0.05) is 60.1 Å². The van der Waals surface area contributed by atoms with Gasteiger partial charge in [0.15, 0.2) is 0 Å². The van der Waals surface area contributed by atoms with E-state index in [1.165, 1.54) is 0 Å². The summed E-state index contributed by atoms with van der Waals surface area (Å²) < 4.78 is 5.16. The summed E-state index contributed by atoms with van der Waals surface area (Å²) in [5.74, 6) is 0.843. The van der Waals surface area contributed by atoms with Gasteiger partial charge in [-0.1, -0.05) is 12.1 Å². The average Bonchev–Trinajstić information content (AvgIpc) is 2.78. The Labute approximate surface area is 195 Å². The lowest BCUT2D eigenvalue weighted by molar-refractivity contribution is 0.0706. The number of likely N-dealkylation sites (tertiary alicyclic amines) is 1. The lowest BCUT2D eigenvalue weighted by Crippen LogP contribution is -2.39. The van der Waals surface area contributed by atoms with Crippen molar-refractivity contribution in [1.29, 1.82) is 0 Å². The average molecular weight is 446 g/mol. The molecular formula is C26H31N5O2. The summed E-state index contributed by atoms with van der Waals surface area (Å²) in [6.07, 6.45) is 1.96. The van der Waals surface area contributed by atoms with Crippen molar-refractivity contribution in [3.8, 4) is 0 Å². The van der Waals surface area contributed by atoms with Crippen LogP contribution in [0.1, 0.15) is 57.5 Å². The lowest BCUT2D eigenvalue weighted by atomic mass is 9.93. The number of amides is 1. The number of hydrogen-bond acceptors (Lipinski definition) is 6. The molecule has 1 aliphatic heterocycles. The third kappa shape index (κ3) is 5.73. The van der Waals surface area contributed by atoms with Gasteiger partial charge in [0.25, 0.3) is 5.91 Å². The van der Waals surface area contributed by atoms with Gasteiger partial charge in [0.2, 0.25) is 5.95 Å². The minimum atomic E-state index is 0.0679. The van der Waals surface area contributed by atoms with E-state index in [0.29, 0.717) is 24.7 Å². The van der Waals surface area contributed by atoms with E-state index < -0.39 is 0 Å². The first-order chi connectivity index (χ1) is 15.9. The van der Waals surface area contributed by atoms with Crippen molar-refractivity contribution in [3.63, 3.8) is 0 Å². The van der Waals surface area contributed by atoms with Crippen molar-refractivity contribution in [2.75, 3.05) is 25.5 Å². The van der Waals surface area contributed by atoms with E-state index in [9.17, 15) is 4.79 Å². The van der Waals surface area contributed by atoms with E-state index in [4.69, 9.17) is 9.72 Å². The minimum absolute atomic E-state index is 0.0679. The topological polar surface area (TPSA) is 80.2 Å². The molecule has 33 heavy (non-hydrogen) atoms. The molecule has 172 valence electrons. The number of pyridine rings is 1. The summed E-state index contributed by atoms with van der Waals surface area (Å²) in [6.45, 7) is 7.88. The van der Waals surface area contributed by atoms with Gasteiger partial charge in [0.1, 0.15) is 0 Å². The smallest absolute Gasteiger partial charge is 0.253 e. The van der Waals surface area contributed by atoms with Gasteiger partial charge in [-0.15, -0.1) is 0 Å². The van der Waals surface area contributed by atoms with E-state index in [0.717, 1.165) is 53.4 Å². The summed E-state index contributed by atoms with van der Waals surface area (Å²) in [4.78, 5) is 28.8. The Morgan fingerprint density at radius 2 is 1.73 bits per heavy atom. The molecule has 3 heterocycles. The molecule has 0 aliphatic carbocycles. The van der Waals surface area contributed by atoms with E-state index in [-0.39, 0.29) is 11.8 Å². The Morgan fingerprint density at radius 1 is 1.03 bits per heavy atom. The molecule has 7 nitrogen and oxygen atoms in total. The Morgan fingerprint density at radius 3 is 2.42 bits per heavy atom. The van der Waals surface area contributed by atoms with E-state index in [2.05, 4.69) is 21.4 Å². The number of benzene rings is 1. The Kier molecular flexibility index (Phi) is 6.99. The Balaban J connectivity index is 1.50. The highest BCUT2D eigenvalue weighted by Crippen LogP contribution is 2.29. The molecule has 1 saturated heterocycles. The highest BCUT2D eigenvalue weighted by Gasteiger charge is 2.26. The zero-order valence-corrected chi connectivity index (χ0v) is 19.8. The normalized spacial score (nSPS) is 16.0. The molecule has 1 atom stereocenters. The summed E-state index contributed by atoms with van der Waals surface area (Å²) in [5.41, 5.74) is 6.45. The van der Waals surface area contributed by atoms with Crippen LogP contribution in [0.5, 0.6) is 0 Å². The summed E-state index contributed by atoms with van der Waals surface area (Å²) >= 11 is 0. The first kappa shape index (κ1) is 22.9. The number of carbonyl (C=O) groups is 1. The maximum atomic E-state index is 13.1. The summed E-state index contributed by atoms with van der Waals surface area (Å²) in [7, 11) is 1.67. The molecule has 1 amide bonds. The Bertz CT molecular complexity index is 1110. The van der Waals surface area contributed by atoms with Gasteiger partial charge >= 0.3 is 0 Å². The molecule has 0 spiro atoms. The largest absolute Gasteiger partial charge is 0.380 e. The third-order valence-electron chi connectivity index (χ3n) is 5.85. The number of carbonyl (C=O) groups excluding carboxylic acids is 1. The molecule has 4 rings (SSSR count). The third-order valence-corrected chi connectivity index (χ3v) is 5.85. The quantitative estimate of drug-likeness (QED) is 0.592. The molecule has 2 aromatic heterocycles. The predicted molar refractivity (Wildman–Crippen MR) is 129 cm³/mol. The molecular weight excluding hydrogens is 414 g/mol. The number of anilines is 2. The molecule has 3 aromatic rings. The molecule has 1 aromatic carbocycles. The van der Waals surface area contributed by atoms with Crippen LogP contribution in [0.4, 0.5) is 11.6 Å². The maximum Gasteiger partial charge on any atom is 0.253 e. The zero-order valence-electron chi connectivity index (χ0n) is 19.8. The highest BCUT2D eigenvalue weighted by molar-refractivity contribution is 5.94. The van der Waals surface area contributed by atoms with Crippen LogP contribution >= 0.6 is 0 Å². The van der Waals surface area contributed by atoms with E-state index >= 15 is 0 Å². The number of ether oxygens (including phenoxy) is 1. The van der Waals surface area contributed by atoms with Crippen LogP contribution in [0.25, 0.3) is 0 Å². The SMILES string of the molecule is COCc1ccc(C(=O)N2CCC[C@H](c3cc(Nc4nc(C)cc(C)n4)cc(C)n3)C2)cc1. The van der Waals surface area contributed by atoms with Crippen LogP contribution in [-0.4, -0.2) is 46.0 Å². The number of methoxy groups -OCH3 is 1. The molecule has 7 heteroatoms. The standard InChI is InChI=1S/C26H31N5O2/c1-17-12-18(2)29-26(28-17)30-23-13-19(3)27-24(14-23)22-6-5-11-31(15-22)25(32)21-9-7-20(8-10-21)16-33-4/h7-10,12-14,22H,5-6,11,15-16H2,1-4H3,(H,27,28,29,30)/t22-/m0/s1. The number of piperidine rings is 1. The van der Waals surface area contributed by atoms with Crippen LogP contribution in [0.3, 0.4) is 0 Å². The molecule has 0 unspecified atom stereocenters. The van der Waals surface area contributed by atoms with Gasteiger partial charge in [-0.25, -0.2) is 9.97 Å². The van der Waals surface area contributed by atoms with Crippen molar-refractivity contribution in [2.24, 2.45) is 0 Å². The highest BCUT2D eigenvalue weighted by atomic mass is 16.5. The first-order valence-electron chi connectivity index (χ1n) is 11.4. The minimum Gasteiger partial charge on any atom is -0.380 e. The maximum absolute atomic E-state index is 13.1. The second-order valence-corrected chi connectivity index (χ2v) is 8.74. The molecule has 0 bridgehead atoms. The van der Waals surface area contributed by atoms with Crippen LogP contribution in [0.15, 0.2) is 42.5 Å². The van der Waals surface area contributed by atoms with Crippen molar-refractivity contribution in [1.82, 2.24) is 19.9 Å². The fourth-order valence-electron chi connectivity index (χ4n) is 4.38. The van der Waals surface area contributed by atoms with Gasteiger partial charge < -0.3 is 15.0 Å². The first-order valence-corrected chi connectivity index (χ1v) is 11.4. The second-order valence-electron chi connectivity index (χ2n) is 8.74. The van der Waals surface area contributed by atoms with Crippen LogP contribution in [0.2, 0.25) is 0 Å². The van der Waals surface area contributed by atoms with E-state index in [1.54, 1.807) is 7.11 Å². The van der Waals surface area contributed by atoms with Gasteiger partial charge in [-0.3, -0.25) is 9.78 Å². The van der Waals surface area contributed by atoms with Gasteiger partial charge in [-0.05, 0) is 69.5 Å². The second kappa shape index (κ2) is 10.1. The van der Waals surface area contributed by atoms with Crippen molar-refractivity contribution < 1.29 is 9.53 Å². The van der Waals surface area contributed by atoms with E-state index in [1.807, 2.05) is 62.1 Å². The number of rotatable bonds is 6. The molecule has 1 aliphatic rings. The van der Waals surface area contributed by atoms with Gasteiger partial charge in [-0.2, -0.15) is 0 Å². The molecule has 1 N–H and O–H groups in total. The fourth-order valence-corrected chi connectivity index (χ4v) is 4.38. The molecule has 0 radical (unpaired) electrons.